The molecule has 3 N–H and O–H groups in total. The summed E-state index contributed by atoms with van der Waals surface area (Å²) in [5.41, 5.74) is 0.981. The zero-order valence-corrected chi connectivity index (χ0v) is 9.33. The van der Waals surface area contributed by atoms with Crippen LogP contribution in [0.5, 0.6) is 11.5 Å². The summed E-state index contributed by atoms with van der Waals surface area (Å²) in [6.07, 6.45) is 1.14. The standard InChI is InChI=1S/C12H19NO2/c1-9(2)5-6-13-8-10-3-4-11(14)12(15)7-10/h3-4,7,9,13-15H,5-6,8H2,1-2H3. The van der Waals surface area contributed by atoms with Crippen LogP contribution in [0, 0.1) is 5.92 Å². The van der Waals surface area contributed by atoms with Crippen molar-refractivity contribution in [2.75, 3.05) is 6.54 Å². The molecule has 15 heavy (non-hydrogen) atoms. The number of hydrogen-bond acceptors (Lipinski definition) is 3. The molecule has 0 saturated carbocycles. The van der Waals surface area contributed by atoms with Crippen molar-refractivity contribution in [3.05, 3.63) is 23.8 Å². The van der Waals surface area contributed by atoms with Crippen LogP contribution < -0.4 is 5.32 Å². The smallest absolute Gasteiger partial charge is 0.157 e. The maximum atomic E-state index is 9.27. The summed E-state index contributed by atoms with van der Waals surface area (Å²) in [6.45, 7) is 6.07. The first-order valence-electron chi connectivity index (χ1n) is 5.31. The number of nitrogens with one attached hydrogen (secondary N) is 1. The Bertz CT molecular complexity index is 310. The molecule has 3 heteroatoms. The molecule has 0 radical (unpaired) electrons. The predicted octanol–water partition coefficient (Wildman–Crippen LogP) is 2.23. The van der Waals surface area contributed by atoms with Gasteiger partial charge in [-0.3, -0.25) is 0 Å². The molecule has 0 aliphatic rings. The molecule has 0 unspecified atom stereocenters. The average molecular weight is 209 g/mol. The molecule has 0 aromatic heterocycles. The van der Waals surface area contributed by atoms with E-state index in [2.05, 4.69) is 19.2 Å². The minimum atomic E-state index is -0.0686. The summed E-state index contributed by atoms with van der Waals surface area (Å²) < 4.78 is 0. The molecular formula is C12H19NO2. The Morgan fingerprint density at radius 2 is 1.93 bits per heavy atom. The second-order valence-corrected chi connectivity index (χ2v) is 4.18. The second kappa shape index (κ2) is 5.61. The Morgan fingerprint density at radius 3 is 2.53 bits per heavy atom. The second-order valence-electron chi connectivity index (χ2n) is 4.18. The Labute approximate surface area is 90.8 Å². The van der Waals surface area contributed by atoms with Gasteiger partial charge in [-0.2, -0.15) is 0 Å². The minimum absolute atomic E-state index is 0.0573. The van der Waals surface area contributed by atoms with Crippen LogP contribution in [0.3, 0.4) is 0 Å². The number of aromatic hydroxyl groups is 2. The van der Waals surface area contributed by atoms with Gasteiger partial charge in [0.15, 0.2) is 11.5 Å². The van der Waals surface area contributed by atoms with Crippen LogP contribution in [0.2, 0.25) is 0 Å². The van der Waals surface area contributed by atoms with Gasteiger partial charge in [0.05, 0.1) is 0 Å². The first kappa shape index (κ1) is 11.9. The van der Waals surface area contributed by atoms with Crippen molar-refractivity contribution < 1.29 is 10.2 Å². The van der Waals surface area contributed by atoms with E-state index in [-0.39, 0.29) is 11.5 Å². The predicted molar refractivity (Wildman–Crippen MR) is 60.9 cm³/mol. The van der Waals surface area contributed by atoms with Crippen LogP contribution >= 0.6 is 0 Å². The van der Waals surface area contributed by atoms with Gasteiger partial charge in [-0.15, -0.1) is 0 Å². The summed E-state index contributed by atoms with van der Waals surface area (Å²) in [5.74, 6) is 0.574. The van der Waals surface area contributed by atoms with Gasteiger partial charge in [0, 0.05) is 6.54 Å². The third kappa shape index (κ3) is 4.21. The van der Waals surface area contributed by atoms with Gasteiger partial charge in [-0.05, 0) is 36.6 Å². The van der Waals surface area contributed by atoms with Crippen molar-refractivity contribution in [2.24, 2.45) is 5.92 Å². The molecule has 1 rings (SSSR count). The third-order valence-electron chi connectivity index (χ3n) is 2.27. The zero-order chi connectivity index (χ0) is 11.3. The molecule has 0 spiro atoms. The summed E-state index contributed by atoms with van der Waals surface area (Å²) in [6, 6.07) is 4.89. The quantitative estimate of drug-likeness (QED) is 0.515. The highest BCUT2D eigenvalue weighted by Gasteiger charge is 2.00. The van der Waals surface area contributed by atoms with Crippen molar-refractivity contribution >= 4 is 0 Å². The van der Waals surface area contributed by atoms with E-state index in [1.165, 1.54) is 6.07 Å². The van der Waals surface area contributed by atoms with Crippen molar-refractivity contribution in [1.29, 1.82) is 0 Å². The van der Waals surface area contributed by atoms with E-state index >= 15 is 0 Å². The van der Waals surface area contributed by atoms with E-state index in [0.717, 1.165) is 25.1 Å². The summed E-state index contributed by atoms with van der Waals surface area (Å²) >= 11 is 0. The fourth-order valence-electron chi connectivity index (χ4n) is 1.30. The Kier molecular flexibility index (Phi) is 4.43. The molecule has 3 nitrogen and oxygen atoms in total. The molecule has 0 heterocycles. The molecule has 1 aromatic carbocycles. The number of benzene rings is 1. The van der Waals surface area contributed by atoms with Crippen LogP contribution in [0.4, 0.5) is 0 Å². The Balaban J connectivity index is 2.35. The van der Waals surface area contributed by atoms with Gasteiger partial charge in [0.25, 0.3) is 0 Å². The third-order valence-corrected chi connectivity index (χ3v) is 2.27. The van der Waals surface area contributed by atoms with E-state index in [0.29, 0.717) is 5.92 Å². The van der Waals surface area contributed by atoms with Crippen LogP contribution in [0.1, 0.15) is 25.8 Å². The fourth-order valence-corrected chi connectivity index (χ4v) is 1.30. The lowest BCUT2D eigenvalue weighted by atomic mass is 10.1. The van der Waals surface area contributed by atoms with Crippen LogP contribution in [-0.2, 0) is 6.54 Å². The van der Waals surface area contributed by atoms with E-state index in [1.807, 2.05) is 0 Å². The van der Waals surface area contributed by atoms with Crippen molar-refractivity contribution in [3.8, 4) is 11.5 Å². The average Bonchev–Trinajstić information content (AvgIpc) is 2.18. The number of hydrogen-bond donors (Lipinski definition) is 3. The highest BCUT2D eigenvalue weighted by Crippen LogP contribution is 2.24. The molecular weight excluding hydrogens is 190 g/mol. The molecule has 0 bridgehead atoms. The largest absolute Gasteiger partial charge is 0.504 e. The van der Waals surface area contributed by atoms with Gasteiger partial charge in [0.2, 0.25) is 0 Å². The first-order chi connectivity index (χ1) is 7.09. The molecule has 0 aliphatic carbocycles. The first-order valence-corrected chi connectivity index (χ1v) is 5.31. The molecule has 84 valence electrons. The Morgan fingerprint density at radius 1 is 1.20 bits per heavy atom. The lowest BCUT2D eigenvalue weighted by Gasteiger charge is -2.07. The summed E-state index contributed by atoms with van der Waals surface area (Å²) in [5, 5.41) is 21.7. The number of phenols is 2. The molecule has 0 aliphatic heterocycles. The molecule has 0 amide bonds. The molecule has 0 fully saturated rings. The van der Waals surface area contributed by atoms with Crippen LogP contribution in [-0.4, -0.2) is 16.8 Å². The summed E-state index contributed by atoms with van der Waals surface area (Å²) in [4.78, 5) is 0. The Hall–Kier alpha value is -1.22. The SMILES string of the molecule is CC(C)CCNCc1ccc(O)c(O)c1. The van der Waals surface area contributed by atoms with Gasteiger partial charge in [-0.1, -0.05) is 19.9 Å². The highest BCUT2D eigenvalue weighted by atomic mass is 16.3. The number of rotatable bonds is 5. The van der Waals surface area contributed by atoms with Crippen molar-refractivity contribution in [3.63, 3.8) is 0 Å². The number of phenolic OH excluding ortho intramolecular Hbond substituents is 2. The molecule has 1 aromatic rings. The van der Waals surface area contributed by atoms with Crippen molar-refractivity contribution in [2.45, 2.75) is 26.8 Å². The maximum absolute atomic E-state index is 9.27. The van der Waals surface area contributed by atoms with Gasteiger partial charge in [-0.25, -0.2) is 0 Å². The van der Waals surface area contributed by atoms with E-state index in [4.69, 9.17) is 5.11 Å². The van der Waals surface area contributed by atoms with Gasteiger partial charge >= 0.3 is 0 Å². The van der Waals surface area contributed by atoms with Crippen molar-refractivity contribution in [1.82, 2.24) is 5.32 Å². The van der Waals surface area contributed by atoms with E-state index in [1.54, 1.807) is 12.1 Å². The fraction of sp³-hybridized carbons (Fsp3) is 0.500. The van der Waals surface area contributed by atoms with Gasteiger partial charge in [0.1, 0.15) is 0 Å². The lowest BCUT2D eigenvalue weighted by Crippen LogP contribution is -2.16. The molecule has 0 saturated heterocycles. The van der Waals surface area contributed by atoms with Crippen LogP contribution in [0.15, 0.2) is 18.2 Å². The van der Waals surface area contributed by atoms with Gasteiger partial charge < -0.3 is 15.5 Å². The van der Waals surface area contributed by atoms with E-state index in [9.17, 15) is 5.11 Å². The van der Waals surface area contributed by atoms with E-state index < -0.39 is 0 Å². The summed E-state index contributed by atoms with van der Waals surface area (Å²) in [7, 11) is 0. The monoisotopic (exact) mass is 209 g/mol. The normalized spacial score (nSPS) is 10.9. The topological polar surface area (TPSA) is 52.5 Å². The molecule has 0 atom stereocenters. The van der Waals surface area contributed by atoms with Crippen LogP contribution in [0.25, 0.3) is 0 Å². The zero-order valence-electron chi connectivity index (χ0n) is 9.33. The maximum Gasteiger partial charge on any atom is 0.157 e. The minimum Gasteiger partial charge on any atom is -0.504 e. The highest BCUT2D eigenvalue weighted by molar-refractivity contribution is 5.40. The lowest BCUT2D eigenvalue weighted by molar-refractivity contribution is 0.403.